The molecule has 0 aliphatic carbocycles. The molecule has 8 heteroatoms. The smallest absolute Gasteiger partial charge is 0.416 e. The highest BCUT2D eigenvalue weighted by molar-refractivity contribution is 6.05. The van der Waals surface area contributed by atoms with Crippen LogP contribution in [-0.4, -0.2) is 23.0 Å². The van der Waals surface area contributed by atoms with Gasteiger partial charge in [-0.15, -0.1) is 0 Å². The van der Waals surface area contributed by atoms with Crippen LogP contribution in [0.2, 0.25) is 0 Å². The molecular formula is C27H28F3NO4. The number of halogens is 3. The number of ether oxygens (including phenoxy) is 1. The fourth-order valence-electron chi connectivity index (χ4n) is 3.75. The largest absolute Gasteiger partial charge is 0.487 e. The average Bonchev–Trinajstić information content (AvgIpc) is 2.75. The molecule has 5 nitrogen and oxygen atoms in total. The van der Waals surface area contributed by atoms with Crippen LogP contribution in [-0.2, 0) is 17.6 Å². The zero-order valence-corrected chi connectivity index (χ0v) is 20.0. The van der Waals surface area contributed by atoms with Crippen LogP contribution in [0.4, 0.5) is 13.2 Å². The molecule has 186 valence electrons. The van der Waals surface area contributed by atoms with Gasteiger partial charge < -0.3 is 15.2 Å². The molecule has 0 radical (unpaired) electrons. The number of carbonyl (C=O) groups is 2. The van der Waals surface area contributed by atoms with Crippen molar-refractivity contribution in [3.63, 3.8) is 0 Å². The minimum absolute atomic E-state index is 0.0737. The van der Waals surface area contributed by atoms with Gasteiger partial charge in [0.2, 0.25) is 0 Å². The van der Waals surface area contributed by atoms with E-state index < -0.39 is 29.7 Å². The van der Waals surface area contributed by atoms with E-state index in [9.17, 15) is 27.9 Å². The van der Waals surface area contributed by atoms with Crippen LogP contribution < -0.4 is 10.1 Å². The second-order valence-electron chi connectivity index (χ2n) is 9.78. The van der Waals surface area contributed by atoms with Gasteiger partial charge in [-0.1, -0.05) is 62.7 Å². The van der Waals surface area contributed by atoms with Gasteiger partial charge in [0.05, 0.1) is 11.1 Å². The lowest BCUT2D eigenvalue weighted by Gasteiger charge is -2.24. The molecule has 35 heavy (non-hydrogen) atoms. The Balaban J connectivity index is 1.94. The molecule has 3 aromatic rings. The molecule has 0 aromatic heterocycles. The third-order valence-electron chi connectivity index (χ3n) is 5.45. The first-order valence-electron chi connectivity index (χ1n) is 11.1. The molecule has 1 amide bonds. The van der Waals surface area contributed by atoms with E-state index in [0.29, 0.717) is 10.9 Å². The fourth-order valence-corrected chi connectivity index (χ4v) is 3.75. The topological polar surface area (TPSA) is 75.6 Å². The number of carbonyl (C=O) groups excluding carboxylic acids is 1. The van der Waals surface area contributed by atoms with E-state index in [2.05, 4.69) is 5.32 Å². The van der Waals surface area contributed by atoms with E-state index in [-0.39, 0.29) is 29.8 Å². The summed E-state index contributed by atoms with van der Waals surface area (Å²) < 4.78 is 44.6. The predicted molar refractivity (Wildman–Crippen MR) is 127 cm³/mol. The molecule has 0 saturated carbocycles. The number of aryl methyl sites for hydroxylation is 1. The molecule has 3 rings (SSSR count). The Labute approximate surface area is 201 Å². The van der Waals surface area contributed by atoms with Crippen molar-refractivity contribution in [2.75, 3.05) is 0 Å². The van der Waals surface area contributed by atoms with Crippen LogP contribution >= 0.6 is 0 Å². The van der Waals surface area contributed by atoms with Crippen LogP contribution in [0.3, 0.4) is 0 Å². The predicted octanol–water partition coefficient (Wildman–Crippen LogP) is 6.37. The first kappa shape index (κ1) is 26.1. The number of carboxylic acid groups (broad SMARTS) is 1. The molecule has 0 unspecified atom stereocenters. The van der Waals surface area contributed by atoms with Crippen molar-refractivity contribution in [3.8, 4) is 5.75 Å². The number of rotatable bonds is 7. The monoisotopic (exact) mass is 487 g/mol. The van der Waals surface area contributed by atoms with Gasteiger partial charge in [0, 0.05) is 5.39 Å². The van der Waals surface area contributed by atoms with Crippen LogP contribution in [0.1, 0.15) is 54.2 Å². The van der Waals surface area contributed by atoms with Crippen molar-refractivity contribution in [3.05, 3.63) is 76.9 Å². The third kappa shape index (κ3) is 6.74. The Morgan fingerprint density at radius 1 is 1.00 bits per heavy atom. The number of carboxylic acids is 1. The minimum Gasteiger partial charge on any atom is -0.487 e. The van der Waals surface area contributed by atoms with Gasteiger partial charge in [0.25, 0.3) is 5.91 Å². The molecule has 0 aliphatic heterocycles. The van der Waals surface area contributed by atoms with Crippen molar-refractivity contribution >= 4 is 22.6 Å². The average molecular weight is 488 g/mol. The van der Waals surface area contributed by atoms with Gasteiger partial charge in [-0.2, -0.15) is 13.2 Å². The van der Waals surface area contributed by atoms with Gasteiger partial charge in [0.1, 0.15) is 18.4 Å². The molecule has 0 fully saturated rings. The van der Waals surface area contributed by atoms with Crippen molar-refractivity contribution in [2.45, 2.75) is 52.9 Å². The highest BCUT2D eigenvalue weighted by Crippen LogP contribution is 2.33. The maximum absolute atomic E-state index is 13.2. The fraction of sp³-hybridized carbons (Fsp3) is 0.333. The lowest BCUT2D eigenvalue weighted by Crippen LogP contribution is -2.43. The second-order valence-corrected chi connectivity index (χ2v) is 9.78. The maximum Gasteiger partial charge on any atom is 0.416 e. The Morgan fingerprint density at radius 3 is 2.23 bits per heavy atom. The number of alkyl halides is 3. The van der Waals surface area contributed by atoms with Gasteiger partial charge in [-0.25, -0.2) is 4.79 Å². The van der Waals surface area contributed by atoms with E-state index in [0.717, 1.165) is 23.1 Å². The van der Waals surface area contributed by atoms with Crippen molar-refractivity contribution in [1.82, 2.24) is 5.32 Å². The SMILES string of the molecule is Cc1ccc2c(OCc3ccc(C(F)(F)F)cc3)c(C(=O)N[C@@H](CC(C)(C)C)C(=O)O)ccc2c1. The summed E-state index contributed by atoms with van der Waals surface area (Å²) in [6, 6.07) is 12.4. The Morgan fingerprint density at radius 2 is 1.66 bits per heavy atom. The van der Waals surface area contributed by atoms with Crippen molar-refractivity contribution in [2.24, 2.45) is 5.41 Å². The molecule has 2 N–H and O–H groups in total. The van der Waals surface area contributed by atoms with Crippen LogP contribution in [0.15, 0.2) is 54.6 Å². The lowest BCUT2D eigenvalue weighted by atomic mass is 9.88. The Hall–Kier alpha value is -3.55. The van der Waals surface area contributed by atoms with E-state index >= 15 is 0 Å². The molecule has 0 bridgehead atoms. The van der Waals surface area contributed by atoms with Crippen molar-refractivity contribution < 1.29 is 32.6 Å². The normalized spacial score (nSPS) is 12.9. The second kappa shape index (κ2) is 9.98. The number of hydrogen-bond donors (Lipinski definition) is 2. The van der Waals surface area contributed by atoms with Crippen molar-refractivity contribution in [1.29, 1.82) is 0 Å². The number of fused-ring (bicyclic) bond motifs is 1. The van der Waals surface area contributed by atoms with E-state index in [1.54, 1.807) is 18.2 Å². The van der Waals surface area contributed by atoms with Gasteiger partial charge in [0.15, 0.2) is 0 Å². The molecule has 0 spiro atoms. The minimum atomic E-state index is -4.44. The first-order valence-corrected chi connectivity index (χ1v) is 11.1. The number of hydrogen-bond acceptors (Lipinski definition) is 3. The summed E-state index contributed by atoms with van der Waals surface area (Å²) >= 11 is 0. The summed E-state index contributed by atoms with van der Waals surface area (Å²) in [5, 5.41) is 13.6. The summed E-state index contributed by atoms with van der Waals surface area (Å²) in [6.07, 6.45) is -4.21. The molecule has 0 aliphatic rings. The van der Waals surface area contributed by atoms with E-state index in [1.165, 1.54) is 12.1 Å². The standard InChI is InChI=1S/C27H28F3NO4/c1-16-5-11-20-18(13-16)8-12-21(24(32)31-22(25(33)34)14-26(2,3)4)23(20)35-15-17-6-9-19(10-7-17)27(28,29)30/h5-13,22H,14-15H2,1-4H3,(H,31,32)(H,33,34)/t22-/m0/s1. The summed E-state index contributed by atoms with van der Waals surface area (Å²) in [7, 11) is 0. The van der Waals surface area contributed by atoms with Crippen LogP contribution in [0, 0.1) is 12.3 Å². The molecular weight excluding hydrogens is 459 g/mol. The zero-order valence-electron chi connectivity index (χ0n) is 20.0. The number of amides is 1. The number of benzene rings is 3. The van der Waals surface area contributed by atoms with Gasteiger partial charge in [-0.05, 0) is 47.9 Å². The van der Waals surface area contributed by atoms with Crippen LogP contribution in [0.25, 0.3) is 10.8 Å². The zero-order chi connectivity index (χ0) is 26.0. The van der Waals surface area contributed by atoms with E-state index in [4.69, 9.17) is 4.74 Å². The van der Waals surface area contributed by atoms with Gasteiger partial charge in [-0.3, -0.25) is 4.79 Å². The highest BCUT2D eigenvalue weighted by atomic mass is 19.4. The lowest BCUT2D eigenvalue weighted by molar-refractivity contribution is -0.140. The Bertz CT molecular complexity index is 1230. The summed E-state index contributed by atoms with van der Waals surface area (Å²) in [4.78, 5) is 24.9. The quantitative estimate of drug-likeness (QED) is 0.406. The first-order chi connectivity index (χ1) is 16.2. The van der Waals surface area contributed by atoms with E-state index in [1.807, 2.05) is 39.8 Å². The molecule has 0 heterocycles. The summed E-state index contributed by atoms with van der Waals surface area (Å²) in [6.45, 7) is 7.49. The maximum atomic E-state index is 13.2. The van der Waals surface area contributed by atoms with Crippen LogP contribution in [0.5, 0.6) is 5.75 Å². The summed E-state index contributed by atoms with van der Waals surface area (Å²) in [5.41, 5.74) is 0.539. The highest BCUT2D eigenvalue weighted by Gasteiger charge is 2.30. The number of nitrogens with one attached hydrogen (secondary N) is 1. The van der Waals surface area contributed by atoms with Gasteiger partial charge >= 0.3 is 12.1 Å². The Kier molecular flexibility index (Phi) is 7.43. The molecule has 1 atom stereocenters. The molecule has 0 saturated heterocycles. The summed E-state index contributed by atoms with van der Waals surface area (Å²) in [5.74, 6) is -1.51. The molecule has 3 aromatic carbocycles. The third-order valence-corrected chi connectivity index (χ3v) is 5.45. The number of aliphatic carboxylic acids is 1.